The number of aromatic nitrogens is 3. The van der Waals surface area contributed by atoms with Crippen LogP contribution in [0.4, 0.5) is 0 Å². The lowest BCUT2D eigenvalue weighted by molar-refractivity contribution is -0.135. The lowest BCUT2D eigenvalue weighted by Crippen LogP contribution is -2.57. The minimum absolute atomic E-state index is 0.127. The van der Waals surface area contributed by atoms with E-state index in [9.17, 15) is 4.79 Å². The first-order valence-corrected chi connectivity index (χ1v) is 7.51. The number of carbonyl (C=O) groups excluding carboxylic acids is 1. The minimum atomic E-state index is -0.127. The minimum Gasteiger partial charge on any atom is -0.347 e. The van der Waals surface area contributed by atoms with Gasteiger partial charge in [0, 0.05) is 40.3 Å². The van der Waals surface area contributed by atoms with Crippen LogP contribution in [0.15, 0.2) is 6.33 Å². The van der Waals surface area contributed by atoms with Gasteiger partial charge in [0.1, 0.15) is 18.2 Å². The van der Waals surface area contributed by atoms with Crippen molar-refractivity contribution in [2.45, 2.75) is 33.0 Å². The summed E-state index contributed by atoms with van der Waals surface area (Å²) in [5.74, 6) is 1.59. The maximum Gasteiger partial charge on any atom is 0.240 e. The molecule has 0 radical (unpaired) electrons. The maximum absolute atomic E-state index is 12.3. The topological polar surface area (TPSA) is 66.3 Å². The number of nitrogens with zero attached hydrogens (tertiary/aromatic N) is 5. The third-order valence-electron chi connectivity index (χ3n) is 3.66. The molecule has 1 atom stereocenters. The van der Waals surface area contributed by atoms with Crippen LogP contribution in [-0.2, 0) is 17.9 Å². The van der Waals surface area contributed by atoms with E-state index in [1.54, 1.807) is 25.3 Å². The van der Waals surface area contributed by atoms with Crippen molar-refractivity contribution >= 4 is 5.91 Å². The summed E-state index contributed by atoms with van der Waals surface area (Å²) >= 11 is 0. The van der Waals surface area contributed by atoms with Crippen LogP contribution in [0.2, 0.25) is 0 Å². The zero-order valence-corrected chi connectivity index (χ0v) is 13.4. The molecule has 7 heteroatoms. The average Bonchev–Trinajstić information content (AvgIpc) is 2.85. The summed E-state index contributed by atoms with van der Waals surface area (Å²) in [4.78, 5) is 20.5. The summed E-state index contributed by atoms with van der Waals surface area (Å²) in [5, 5.41) is 7.59. The number of carbonyl (C=O) groups is 1. The van der Waals surface area contributed by atoms with Crippen LogP contribution in [-0.4, -0.2) is 70.2 Å². The molecule has 1 aliphatic heterocycles. The fraction of sp³-hybridized carbons (Fsp3) is 0.786. The monoisotopic (exact) mass is 294 g/mol. The van der Waals surface area contributed by atoms with Gasteiger partial charge in [-0.3, -0.25) is 9.69 Å². The number of hydrogen-bond donors (Lipinski definition) is 1. The van der Waals surface area contributed by atoms with Gasteiger partial charge in [0.2, 0.25) is 5.91 Å². The predicted molar refractivity (Wildman–Crippen MR) is 80.6 cm³/mol. The first-order chi connectivity index (χ1) is 9.99. The Hall–Kier alpha value is -1.47. The van der Waals surface area contributed by atoms with Gasteiger partial charge in [0.15, 0.2) is 0 Å². The summed E-state index contributed by atoms with van der Waals surface area (Å²) in [6.45, 7) is 8.28. The molecule has 1 saturated heterocycles. The van der Waals surface area contributed by atoms with Crippen LogP contribution < -0.4 is 5.32 Å². The Bertz CT molecular complexity index is 470. The molecule has 2 heterocycles. The summed E-state index contributed by atoms with van der Waals surface area (Å²) < 4.78 is 1.95. The summed E-state index contributed by atoms with van der Waals surface area (Å²) in [7, 11) is 3.60. The van der Waals surface area contributed by atoms with Crippen LogP contribution in [0.1, 0.15) is 19.7 Å². The number of rotatable bonds is 5. The highest BCUT2D eigenvalue weighted by molar-refractivity contribution is 5.81. The van der Waals surface area contributed by atoms with Gasteiger partial charge in [-0.2, -0.15) is 5.10 Å². The lowest BCUT2D eigenvalue weighted by Gasteiger charge is -2.36. The van der Waals surface area contributed by atoms with Crippen LogP contribution >= 0.6 is 0 Å². The van der Waals surface area contributed by atoms with Crippen LogP contribution in [0.25, 0.3) is 0 Å². The first kappa shape index (κ1) is 15.9. The molecule has 1 unspecified atom stereocenters. The largest absolute Gasteiger partial charge is 0.347 e. The second-order valence-corrected chi connectivity index (χ2v) is 6.18. The molecular weight excluding hydrogens is 268 g/mol. The Morgan fingerprint density at radius 2 is 2.29 bits per heavy atom. The molecule has 0 saturated carbocycles. The van der Waals surface area contributed by atoms with Crippen LogP contribution in [0.3, 0.4) is 0 Å². The predicted octanol–water partition coefficient (Wildman–Crippen LogP) is -0.204. The maximum atomic E-state index is 12.3. The van der Waals surface area contributed by atoms with Gasteiger partial charge in [-0.25, -0.2) is 9.67 Å². The van der Waals surface area contributed by atoms with Crippen molar-refractivity contribution in [2.24, 2.45) is 5.92 Å². The number of piperazine rings is 1. The molecule has 0 bridgehead atoms. The van der Waals surface area contributed by atoms with E-state index in [1.165, 1.54) is 0 Å². The van der Waals surface area contributed by atoms with E-state index in [1.807, 2.05) is 4.68 Å². The van der Waals surface area contributed by atoms with Crippen molar-refractivity contribution in [1.29, 1.82) is 0 Å². The normalized spacial score (nSPS) is 20.0. The van der Waals surface area contributed by atoms with E-state index in [4.69, 9.17) is 0 Å². The van der Waals surface area contributed by atoms with Crippen molar-refractivity contribution in [3.63, 3.8) is 0 Å². The Kier molecular flexibility index (Phi) is 5.30. The fourth-order valence-corrected chi connectivity index (χ4v) is 2.57. The molecular formula is C14H26N6O. The van der Waals surface area contributed by atoms with Gasteiger partial charge < -0.3 is 10.2 Å². The van der Waals surface area contributed by atoms with Gasteiger partial charge in [-0.1, -0.05) is 13.8 Å². The third kappa shape index (κ3) is 4.01. The van der Waals surface area contributed by atoms with Crippen molar-refractivity contribution in [2.75, 3.05) is 33.7 Å². The highest BCUT2D eigenvalue weighted by Gasteiger charge is 2.30. The van der Waals surface area contributed by atoms with Crippen molar-refractivity contribution in [3.05, 3.63) is 12.2 Å². The molecule has 1 aliphatic rings. The second-order valence-electron chi connectivity index (χ2n) is 6.18. The summed E-state index contributed by atoms with van der Waals surface area (Å²) in [6.07, 6.45) is 1.60. The van der Waals surface area contributed by atoms with Crippen LogP contribution in [0.5, 0.6) is 0 Å². The molecule has 1 aromatic rings. The Labute approximate surface area is 126 Å². The first-order valence-electron chi connectivity index (χ1n) is 7.51. The van der Waals surface area contributed by atoms with Gasteiger partial charge in [0.25, 0.3) is 0 Å². The molecule has 2 rings (SSSR count). The van der Waals surface area contributed by atoms with Gasteiger partial charge in [-0.05, 0) is 5.92 Å². The van der Waals surface area contributed by atoms with E-state index in [0.29, 0.717) is 19.0 Å². The van der Waals surface area contributed by atoms with Gasteiger partial charge in [-0.15, -0.1) is 0 Å². The van der Waals surface area contributed by atoms with E-state index >= 15 is 0 Å². The zero-order chi connectivity index (χ0) is 15.4. The Morgan fingerprint density at radius 1 is 1.52 bits per heavy atom. The third-order valence-corrected chi connectivity index (χ3v) is 3.66. The Balaban J connectivity index is 2.09. The van der Waals surface area contributed by atoms with Crippen LogP contribution in [0, 0.1) is 5.92 Å². The van der Waals surface area contributed by atoms with Gasteiger partial charge >= 0.3 is 0 Å². The van der Waals surface area contributed by atoms with Crippen molar-refractivity contribution in [1.82, 2.24) is 29.9 Å². The van der Waals surface area contributed by atoms with E-state index in [0.717, 1.165) is 25.5 Å². The van der Waals surface area contributed by atoms with Gasteiger partial charge in [0.05, 0.1) is 6.54 Å². The number of likely N-dealkylation sites (N-methyl/N-ethyl adjacent to an activating group) is 1. The lowest BCUT2D eigenvalue weighted by atomic mass is 10.1. The molecule has 118 valence electrons. The molecule has 1 N–H and O–H groups in total. The molecule has 21 heavy (non-hydrogen) atoms. The van der Waals surface area contributed by atoms with Crippen molar-refractivity contribution in [3.8, 4) is 0 Å². The van der Waals surface area contributed by atoms with Crippen molar-refractivity contribution < 1.29 is 4.79 Å². The SMILES string of the molecule is CC(C)Cn1ncnc1CN1CCNCC1C(=O)N(C)C. The zero-order valence-electron chi connectivity index (χ0n) is 13.4. The molecule has 1 amide bonds. The average molecular weight is 294 g/mol. The quantitative estimate of drug-likeness (QED) is 0.814. The summed E-state index contributed by atoms with van der Waals surface area (Å²) in [5.41, 5.74) is 0. The molecule has 0 aromatic carbocycles. The summed E-state index contributed by atoms with van der Waals surface area (Å²) in [6, 6.07) is -0.127. The highest BCUT2D eigenvalue weighted by atomic mass is 16.2. The van der Waals surface area contributed by atoms with E-state index in [2.05, 4.69) is 34.1 Å². The van der Waals surface area contributed by atoms with E-state index in [-0.39, 0.29) is 11.9 Å². The molecule has 0 spiro atoms. The van der Waals surface area contributed by atoms with E-state index < -0.39 is 0 Å². The smallest absolute Gasteiger partial charge is 0.240 e. The highest BCUT2D eigenvalue weighted by Crippen LogP contribution is 2.11. The Morgan fingerprint density at radius 3 is 2.95 bits per heavy atom. The molecule has 1 aromatic heterocycles. The fourth-order valence-electron chi connectivity index (χ4n) is 2.57. The second kappa shape index (κ2) is 7.00. The molecule has 1 fully saturated rings. The number of hydrogen-bond acceptors (Lipinski definition) is 5. The molecule has 7 nitrogen and oxygen atoms in total. The number of amides is 1. The molecule has 0 aliphatic carbocycles. The number of nitrogens with one attached hydrogen (secondary N) is 1. The standard InChI is InChI=1S/C14H26N6O/c1-11(2)8-20-13(16-10-17-20)9-19-6-5-15-7-12(19)14(21)18(3)4/h10-12,15H,5-9H2,1-4H3.